The molecule has 0 aliphatic carbocycles. The van der Waals surface area contributed by atoms with E-state index in [0.717, 1.165) is 43.9 Å². The fourth-order valence-corrected chi connectivity index (χ4v) is 4.54. The predicted molar refractivity (Wildman–Crippen MR) is 116 cm³/mol. The summed E-state index contributed by atoms with van der Waals surface area (Å²) in [5, 5.41) is 6.99. The molecule has 2 unspecified atom stereocenters. The molecule has 0 aromatic heterocycles. The molecule has 30 heavy (non-hydrogen) atoms. The Morgan fingerprint density at radius 1 is 0.867 bits per heavy atom. The van der Waals surface area contributed by atoms with Gasteiger partial charge in [-0.05, 0) is 55.4 Å². The molecule has 8 nitrogen and oxygen atoms in total. The second-order valence-electron chi connectivity index (χ2n) is 8.12. The van der Waals surface area contributed by atoms with Crippen LogP contribution in [-0.4, -0.2) is 52.4 Å². The van der Waals surface area contributed by atoms with Crippen molar-refractivity contribution < 1.29 is 9.59 Å². The predicted octanol–water partition coefficient (Wildman–Crippen LogP) is 1.75. The van der Waals surface area contributed by atoms with Gasteiger partial charge in [-0.25, -0.2) is 0 Å². The number of carbonyl (C=O) groups is 2. The number of nitrogens with two attached hydrogens (primary N) is 3. The highest BCUT2D eigenvalue weighted by atomic mass is 16.2. The van der Waals surface area contributed by atoms with Crippen LogP contribution in [0, 0.1) is 0 Å². The van der Waals surface area contributed by atoms with Gasteiger partial charge < -0.3 is 17.2 Å². The van der Waals surface area contributed by atoms with Crippen LogP contribution in [0.3, 0.4) is 0 Å². The van der Waals surface area contributed by atoms with Gasteiger partial charge in [-0.3, -0.25) is 9.59 Å². The van der Waals surface area contributed by atoms with Crippen molar-refractivity contribution in [1.29, 1.82) is 0 Å². The van der Waals surface area contributed by atoms with Gasteiger partial charge in [0.05, 0.1) is 23.5 Å². The van der Waals surface area contributed by atoms with Crippen molar-refractivity contribution in [3.05, 3.63) is 47.5 Å². The minimum Gasteiger partial charge on any atom is -0.366 e. The topological polar surface area (TPSA) is 122 Å². The summed E-state index contributed by atoms with van der Waals surface area (Å²) in [4.78, 5) is 26.3. The Hall–Kier alpha value is -2.52. The van der Waals surface area contributed by atoms with E-state index in [1.165, 1.54) is 0 Å². The van der Waals surface area contributed by atoms with E-state index in [1.807, 2.05) is 40.3 Å². The summed E-state index contributed by atoms with van der Waals surface area (Å²) in [5.41, 5.74) is 19.0. The number of rotatable bonds is 4. The smallest absolute Gasteiger partial charge is 0.284 e. The lowest BCUT2D eigenvalue weighted by Gasteiger charge is -2.49. The van der Waals surface area contributed by atoms with E-state index in [4.69, 9.17) is 17.2 Å². The number of hydrogen-bond donors (Lipinski definition) is 3. The zero-order chi connectivity index (χ0) is 21.3. The fourth-order valence-electron chi connectivity index (χ4n) is 4.54. The molecule has 0 saturated carbocycles. The third-order valence-electron chi connectivity index (χ3n) is 6.12. The van der Waals surface area contributed by atoms with E-state index >= 15 is 0 Å². The second-order valence-corrected chi connectivity index (χ2v) is 8.12. The molecule has 4 rings (SSSR count). The first kappa shape index (κ1) is 20.7. The molecular formula is C22H30N6O2. The SMILES string of the molecule is NC(=O)c1ccc2ccccc2c1C(=O)N(N1CCCCC1N)N1CCCCC1N. The van der Waals surface area contributed by atoms with Crippen LogP contribution in [0.15, 0.2) is 36.4 Å². The van der Waals surface area contributed by atoms with Gasteiger partial charge in [0.1, 0.15) is 0 Å². The van der Waals surface area contributed by atoms with Crippen molar-refractivity contribution in [3.63, 3.8) is 0 Å². The van der Waals surface area contributed by atoms with Gasteiger partial charge in [0.2, 0.25) is 5.91 Å². The lowest BCUT2D eigenvalue weighted by atomic mass is 9.97. The van der Waals surface area contributed by atoms with Crippen molar-refractivity contribution in [2.45, 2.75) is 50.9 Å². The minimum atomic E-state index is -0.630. The molecule has 8 heteroatoms. The maximum atomic E-state index is 14.1. The first-order valence-electron chi connectivity index (χ1n) is 10.7. The first-order valence-corrected chi connectivity index (χ1v) is 10.7. The average molecular weight is 411 g/mol. The Morgan fingerprint density at radius 3 is 2.03 bits per heavy atom. The number of fused-ring (bicyclic) bond motifs is 1. The molecule has 2 atom stereocenters. The minimum absolute atomic E-state index is 0.208. The third kappa shape index (κ3) is 3.79. The summed E-state index contributed by atoms with van der Waals surface area (Å²) in [7, 11) is 0. The number of nitrogens with zero attached hydrogens (tertiary/aromatic N) is 3. The maximum Gasteiger partial charge on any atom is 0.284 e. The summed E-state index contributed by atoms with van der Waals surface area (Å²) >= 11 is 0. The van der Waals surface area contributed by atoms with Gasteiger partial charge in [0.15, 0.2) is 0 Å². The summed E-state index contributed by atoms with van der Waals surface area (Å²) in [6.45, 7) is 1.32. The van der Waals surface area contributed by atoms with Crippen LogP contribution in [0.2, 0.25) is 0 Å². The van der Waals surface area contributed by atoms with Gasteiger partial charge in [0, 0.05) is 13.1 Å². The van der Waals surface area contributed by atoms with Crippen LogP contribution < -0.4 is 17.2 Å². The van der Waals surface area contributed by atoms with Crippen LogP contribution in [0.1, 0.15) is 59.2 Å². The molecule has 2 heterocycles. The molecule has 2 amide bonds. The van der Waals surface area contributed by atoms with Gasteiger partial charge >= 0.3 is 0 Å². The summed E-state index contributed by atoms with van der Waals surface area (Å²) in [6, 6.07) is 11.0. The number of piperidine rings is 2. The lowest BCUT2D eigenvalue weighted by molar-refractivity contribution is -0.197. The highest BCUT2D eigenvalue weighted by Crippen LogP contribution is 2.29. The zero-order valence-corrected chi connectivity index (χ0v) is 17.2. The average Bonchev–Trinajstić information content (AvgIpc) is 2.75. The van der Waals surface area contributed by atoms with Crippen molar-refractivity contribution in [3.8, 4) is 0 Å². The number of carbonyl (C=O) groups excluding carboxylic acids is 2. The summed E-state index contributed by atoms with van der Waals surface area (Å²) < 4.78 is 0. The van der Waals surface area contributed by atoms with E-state index in [0.29, 0.717) is 24.0 Å². The van der Waals surface area contributed by atoms with Gasteiger partial charge in [-0.1, -0.05) is 30.3 Å². The van der Waals surface area contributed by atoms with E-state index in [-0.39, 0.29) is 23.8 Å². The maximum absolute atomic E-state index is 14.1. The number of hydrazine groups is 2. The van der Waals surface area contributed by atoms with Crippen LogP contribution >= 0.6 is 0 Å². The van der Waals surface area contributed by atoms with Crippen molar-refractivity contribution in [2.75, 3.05) is 13.1 Å². The highest BCUT2D eigenvalue weighted by molar-refractivity contribution is 6.15. The van der Waals surface area contributed by atoms with Crippen LogP contribution in [0.5, 0.6) is 0 Å². The molecule has 0 radical (unpaired) electrons. The number of hydrogen-bond acceptors (Lipinski definition) is 6. The Bertz CT molecular complexity index is 926. The van der Waals surface area contributed by atoms with Crippen LogP contribution in [-0.2, 0) is 0 Å². The molecule has 6 N–H and O–H groups in total. The fraction of sp³-hybridized carbons (Fsp3) is 0.455. The lowest BCUT2D eigenvalue weighted by Crippen LogP contribution is -2.67. The molecule has 0 bridgehead atoms. The summed E-state index contributed by atoms with van der Waals surface area (Å²) in [5.74, 6) is -0.940. The molecule has 2 aliphatic rings. The van der Waals surface area contributed by atoms with E-state index in [1.54, 1.807) is 11.2 Å². The molecule has 2 fully saturated rings. The van der Waals surface area contributed by atoms with Gasteiger partial charge in [-0.2, -0.15) is 15.1 Å². The first-order chi connectivity index (χ1) is 14.5. The largest absolute Gasteiger partial charge is 0.366 e. The van der Waals surface area contributed by atoms with Crippen LogP contribution in [0.4, 0.5) is 0 Å². The molecule has 2 saturated heterocycles. The number of benzene rings is 2. The Morgan fingerprint density at radius 2 is 1.47 bits per heavy atom. The van der Waals surface area contributed by atoms with Gasteiger partial charge in [-0.15, -0.1) is 0 Å². The number of amides is 2. The van der Waals surface area contributed by atoms with Crippen LogP contribution in [0.25, 0.3) is 10.8 Å². The second kappa shape index (κ2) is 8.69. The molecule has 2 aromatic rings. The molecule has 2 aromatic carbocycles. The molecule has 0 spiro atoms. The Balaban J connectivity index is 1.86. The van der Waals surface area contributed by atoms with Crippen molar-refractivity contribution in [1.82, 2.24) is 15.1 Å². The zero-order valence-electron chi connectivity index (χ0n) is 17.2. The van der Waals surface area contributed by atoms with E-state index in [2.05, 4.69) is 0 Å². The van der Waals surface area contributed by atoms with E-state index in [9.17, 15) is 9.59 Å². The molecular weight excluding hydrogens is 380 g/mol. The Labute approximate surface area is 176 Å². The molecule has 2 aliphatic heterocycles. The number of primary amides is 1. The summed E-state index contributed by atoms with van der Waals surface area (Å²) in [6.07, 6.45) is 4.94. The normalized spacial score (nSPS) is 23.4. The molecule has 160 valence electrons. The Kier molecular flexibility index (Phi) is 6.01. The quantitative estimate of drug-likeness (QED) is 0.706. The standard InChI is InChI=1S/C22H30N6O2/c23-18-9-3-5-13-26(18)28(27-14-6-4-10-19(27)24)22(30)20-16-8-2-1-7-15(16)11-12-17(20)21(25)29/h1-2,7-8,11-12,18-19H,3-6,9-10,13-14,23-24H2,(H2,25,29). The monoisotopic (exact) mass is 410 g/mol. The van der Waals surface area contributed by atoms with E-state index < -0.39 is 5.91 Å². The third-order valence-corrected chi connectivity index (χ3v) is 6.12. The van der Waals surface area contributed by atoms with Crippen molar-refractivity contribution in [2.24, 2.45) is 17.2 Å². The van der Waals surface area contributed by atoms with Gasteiger partial charge in [0.25, 0.3) is 5.91 Å². The highest BCUT2D eigenvalue weighted by Gasteiger charge is 2.38. The van der Waals surface area contributed by atoms with Crippen molar-refractivity contribution >= 4 is 22.6 Å².